The molecule has 4 heteroatoms. The second kappa shape index (κ2) is 6.20. The van der Waals surface area contributed by atoms with Crippen molar-refractivity contribution >= 4 is 17.2 Å². The van der Waals surface area contributed by atoms with Crippen LogP contribution < -0.4 is 5.32 Å². The molecular formula is C16H19NO2S. The van der Waals surface area contributed by atoms with E-state index in [-0.39, 0.29) is 12.5 Å². The Kier molecular flexibility index (Phi) is 4.57. The highest BCUT2D eigenvalue weighted by Gasteiger charge is 2.20. The van der Waals surface area contributed by atoms with Gasteiger partial charge in [-0.25, -0.2) is 0 Å². The molecule has 0 saturated carbocycles. The van der Waals surface area contributed by atoms with Crippen LogP contribution in [-0.2, 0) is 0 Å². The highest BCUT2D eigenvalue weighted by molar-refractivity contribution is 7.12. The van der Waals surface area contributed by atoms with Crippen molar-refractivity contribution in [1.29, 1.82) is 0 Å². The van der Waals surface area contributed by atoms with Crippen molar-refractivity contribution in [3.05, 3.63) is 46.7 Å². The Morgan fingerprint density at radius 2 is 2.00 bits per heavy atom. The number of nitrogens with one attached hydrogen (secondary N) is 1. The molecule has 20 heavy (non-hydrogen) atoms. The molecule has 1 heterocycles. The van der Waals surface area contributed by atoms with Crippen molar-refractivity contribution in [2.45, 2.75) is 25.9 Å². The summed E-state index contributed by atoms with van der Waals surface area (Å²) in [6.45, 7) is 3.88. The Hall–Kier alpha value is -1.65. The maximum atomic E-state index is 12.3. The van der Waals surface area contributed by atoms with Gasteiger partial charge in [-0.05, 0) is 30.4 Å². The fraction of sp³-hybridized carbons (Fsp3) is 0.312. The number of benzene rings is 1. The van der Waals surface area contributed by atoms with E-state index in [1.165, 1.54) is 11.3 Å². The quantitative estimate of drug-likeness (QED) is 0.887. The van der Waals surface area contributed by atoms with Gasteiger partial charge in [-0.3, -0.25) is 4.79 Å². The zero-order chi connectivity index (χ0) is 14.6. The predicted molar refractivity (Wildman–Crippen MR) is 83.0 cm³/mol. The maximum absolute atomic E-state index is 12.3. The summed E-state index contributed by atoms with van der Waals surface area (Å²) >= 11 is 1.42. The number of thiophene rings is 1. The average Bonchev–Trinajstić information content (AvgIpc) is 2.95. The molecule has 2 aromatic rings. The first-order chi connectivity index (χ1) is 9.53. The van der Waals surface area contributed by atoms with E-state index in [1.807, 2.05) is 48.7 Å². The maximum Gasteiger partial charge on any atom is 0.262 e. The molecule has 0 aliphatic heterocycles. The average molecular weight is 289 g/mol. The highest BCUT2D eigenvalue weighted by atomic mass is 32.1. The fourth-order valence-corrected chi connectivity index (χ4v) is 2.64. The van der Waals surface area contributed by atoms with E-state index < -0.39 is 5.60 Å². The van der Waals surface area contributed by atoms with Crippen LogP contribution in [0.25, 0.3) is 11.1 Å². The molecule has 0 fully saturated rings. The molecule has 2 N–H and O–H groups in total. The normalized spacial score (nSPS) is 13.8. The van der Waals surface area contributed by atoms with Crippen LogP contribution in [0.2, 0.25) is 0 Å². The van der Waals surface area contributed by atoms with Crippen LogP contribution >= 0.6 is 11.3 Å². The minimum absolute atomic E-state index is 0.132. The first-order valence-corrected chi connectivity index (χ1v) is 7.55. The van der Waals surface area contributed by atoms with Crippen LogP contribution in [0.15, 0.2) is 41.8 Å². The highest BCUT2D eigenvalue weighted by Crippen LogP contribution is 2.28. The van der Waals surface area contributed by atoms with Crippen molar-refractivity contribution in [2.75, 3.05) is 6.54 Å². The van der Waals surface area contributed by atoms with E-state index in [2.05, 4.69) is 5.32 Å². The van der Waals surface area contributed by atoms with Gasteiger partial charge in [0.2, 0.25) is 0 Å². The molecule has 0 spiro atoms. The van der Waals surface area contributed by atoms with Gasteiger partial charge in [0.15, 0.2) is 0 Å². The van der Waals surface area contributed by atoms with Crippen LogP contribution in [0.4, 0.5) is 0 Å². The fourth-order valence-electron chi connectivity index (χ4n) is 1.81. The molecule has 2 rings (SSSR count). The third-order valence-corrected chi connectivity index (χ3v) is 4.26. The molecule has 0 bridgehead atoms. The molecule has 106 valence electrons. The number of carbonyl (C=O) groups excluding carboxylic acids is 1. The van der Waals surface area contributed by atoms with Crippen LogP contribution in [0, 0.1) is 0 Å². The van der Waals surface area contributed by atoms with E-state index in [0.29, 0.717) is 11.3 Å². The summed E-state index contributed by atoms with van der Waals surface area (Å²) in [4.78, 5) is 12.9. The first-order valence-electron chi connectivity index (χ1n) is 6.67. The minimum Gasteiger partial charge on any atom is -0.388 e. The second-order valence-electron chi connectivity index (χ2n) is 5.06. The van der Waals surface area contributed by atoms with Crippen molar-refractivity contribution in [3.63, 3.8) is 0 Å². The second-order valence-corrected chi connectivity index (χ2v) is 5.98. The number of hydrogen-bond donors (Lipinski definition) is 2. The molecule has 1 atom stereocenters. The standard InChI is InChI=1S/C16H19NO2S/c1-3-16(2,19)11-17-15(18)14-13(9-10-20-14)12-7-5-4-6-8-12/h4-10,19H,3,11H2,1-2H3,(H,17,18). The van der Waals surface area contributed by atoms with Crippen molar-refractivity contribution in [1.82, 2.24) is 5.32 Å². The van der Waals surface area contributed by atoms with Gasteiger partial charge in [-0.15, -0.1) is 11.3 Å². The van der Waals surface area contributed by atoms with Gasteiger partial charge >= 0.3 is 0 Å². The number of carbonyl (C=O) groups is 1. The van der Waals surface area contributed by atoms with Gasteiger partial charge in [0.05, 0.1) is 10.5 Å². The minimum atomic E-state index is -0.861. The smallest absolute Gasteiger partial charge is 0.262 e. The van der Waals surface area contributed by atoms with Gasteiger partial charge in [0.1, 0.15) is 0 Å². The Labute approximate surface area is 123 Å². The Morgan fingerprint density at radius 3 is 2.65 bits per heavy atom. The SMILES string of the molecule is CCC(C)(O)CNC(=O)c1sccc1-c1ccccc1. The first kappa shape index (κ1) is 14.8. The number of hydrogen-bond acceptors (Lipinski definition) is 3. The molecule has 1 unspecified atom stereocenters. The number of rotatable bonds is 5. The topological polar surface area (TPSA) is 49.3 Å². The number of amides is 1. The van der Waals surface area contributed by atoms with Gasteiger partial charge in [-0.1, -0.05) is 37.3 Å². The third-order valence-electron chi connectivity index (χ3n) is 3.35. The summed E-state index contributed by atoms with van der Waals surface area (Å²) in [5.74, 6) is -0.132. The molecule has 0 radical (unpaired) electrons. The zero-order valence-electron chi connectivity index (χ0n) is 11.7. The lowest BCUT2D eigenvalue weighted by molar-refractivity contribution is 0.0519. The number of aliphatic hydroxyl groups is 1. The zero-order valence-corrected chi connectivity index (χ0v) is 12.5. The lowest BCUT2D eigenvalue weighted by Gasteiger charge is -2.21. The van der Waals surface area contributed by atoms with Crippen LogP contribution in [0.3, 0.4) is 0 Å². The van der Waals surface area contributed by atoms with E-state index in [1.54, 1.807) is 6.92 Å². The van der Waals surface area contributed by atoms with E-state index >= 15 is 0 Å². The molecule has 1 amide bonds. The van der Waals surface area contributed by atoms with Gasteiger partial charge in [-0.2, -0.15) is 0 Å². The van der Waals surface area contributed by atoms with Crippen LogP contribution in [0.5, 0.6) is 0 Å². The molecule has 0 saturated heterocycles. The molecule has 1 aromatic carbocycles. The van der Waals surface area contributed by atoms with Gasteiger partial charge in [0.25, 0.3) is 5.91 Å². The molecule has 0 aliphatic rings. The Bertz CT molecular complexity index is 575. The van der Waals surface area contributed by atoms with Crippen molar-refractivity contribution < 1.29 is 9.90 Å². The predicted octanol–water partition coefficient (Wildman–Crippen LogP) is 3.31. The summed E-state index contributed by atoms with van der Waals surface area (Å²) in [6, 6.07) is 11.8. The lowest BCUT2D eigenvalue weighted by atomic mass is 10.0. The van der Waals surface area contributed by atoms with Crippen LogP contribution in [-0.4, -0.2) is 23.2 Å². The third kappa shape index (κ3) is 3.46. The monoisotopic (exact) mass is 289 g/mol. The molecule has 0 aliphatic carbocycles. The Morgan fingerprint density at radius 1 is 1.30 bits per heavy atom. The molecule has 3 nitrogen and oxygen atoms in total. The van der Waals surface area contributed by atoms with E-state index in [9.17, 15) is 9.90 Å². The summed E-state index contributed by atoms with van der Waals surface area (Å²) in [5.41, 5.74) is 1.10. The van der Waals surface area contributed by atoms with E-state index in [0.717, 1.165) is 11.1 Å². The van der Waals surface area contributed by atoms with Crippen molar-refractivity contribution in [3.8, 4) is 11.1 Å². The van der Waals surface area contributed by atoms with Gasteiger partial charge in [0, 0.05) is 12.1 Å². The molecular weight excluding hydrogens is 270 g/mol. The Balaban J connectivity index is 2.14. The summed E-state index contributed by atoms with van der Waals surface area (Å²) < 4.78 is 0. The largest absolute Gasteiger partial charge is 0.388 e. The summed E-state index contributed by atoms with van der Waals surface area (Å²) in [5, 5.41) is 14.7. The van der Waals surface area contributed by atoms with Gasteiger partial charge < -0.3 is 10.4 Å². The van der Waals surface area contributed by atoms with E-state index in [4.69, 9.17) is 0 Å². The van der Waals surface area contributed by atoms with Crippen molar-refractivity contribution in [2.24, 2.45) is 0 Å². The van der Waals surface area contributed by atoms with Crippen LogP contribution in [0.1, 0.15) is 29.9 Å². The summed E-state index contributed by atoms with van der Waals surface area (Å²) in [6.07, 6.45) is 0.600. The molecule has 1 aromatic heterocycles. The summed E-state index contributed by atoms with van der Waals surface area (Å²) in [7, 11) is 0. The lowest BCUT2D eigenvalue weighted by Crippen LogP contribution is -2.39.